The van der Waals surface area contributed by atoms with Gasteiger partial charge in [0.05, 0.1) is 19.2 Å². The van der Waals surface area contributed by atoms with Crippen molar-refractivity contribution in [2.24, 2.45) is 23.5 Å². The Bertz CT molecular complexity index is 2420. The molecule has 0 saturated carbocycles. The quantitative estimate of drug-likeness (QED) is 0.0555. The smallest absolute Gasteiger partial charge is 0.226 e. The van der Waals surface area contributed by atoms with Gasteiger partial charge in [0.15, 0.2) is 17.3 Å². The van der Waals surface area contributed by atoms with Crippen LogP contribution in [0, 0.1) is 17.8 Å². The lowest BCUT2D eigenvalue weighted by atomic mass is 9.87. The first kappa shape index (κ1) is 50.8. The molecular weight excluding hydrogens is 864 g/mol. The molecule has 66 heavy (non-hydrogen) atoms. The minimum absolute atomic E-state index is 0.0791. The molecule has 15 heteroatoms. The predicted octanol–water partition coefficient (Wildman–Crippen LogP) is 6.24. The molecule has 5 atom stereocenters. The molecule has 5 rings (SSSR count). The van der Waals surface area contributed by atoms with Gasteiger partial charge in [-0.05, 0) is 91.4 Å². The number of Topliss-reactive ketones (excluding diaryl/α,β-unsaturated/α-hetero) is 4. The fourth-order valence-electron chi connectivity index (χ4n) is 8.39. The highest BCUT2D eigenvalue weighted by atomic mass is 35.5. The largest absolute Gasteiger partial charge is 0.507 e. The lowest BCUT2D eigenvalue weighted by Gasteiger charge is -2.32. The number of unbranched alkanes of at least 4 members (excludes halogenated alkanes) is 1. The van der Waals surface area contributed by atoms with Crippen molar-refractivity contribution in [3.63, 3.8) is 0 Å². The lowest BCUT2D eigenvalue weighted by molar-refractivity contribution is -0.142. The molecule has 0 spiro atoms. The van der Waals surface area contributed by atoms with Crippen LogP contribution in [-0.4, -0.2) is 105 Å². The van der Waals surface area contributed by atoms with Gasteiger partial charge in [-0.25, -0.2) is 0 Å². The average molecular weight is 924 g/mol. The van der Waals surface area contributed by atoms with Crippen LogP contribution in [0.15, 0.2) is 84.9 Å². The first-order chi connectivity index (χ1) is 31.4. The second kappa shape index (κ2) is 23.3. The van der Waals surface area contributed by atoms with E-state index in [2.05, 4.69) is 5.32 Å². The second-order valence-corrected chi connectivity index (χ2v) is 17.7. The minimum atomic E-state index is -1.31. The van der Waals surface area contributed by atoms with Gasteiger partial charge in [-0.2, -0.15) is 0 Å². The van der Waals surface area contributed by atoms with Crippen molar-refractivity contribution in [2.75, 3.05) is 33.3 Å². The van der Waals surface area contributed by atoms with Crippen LogP contribution in [0.1, 0.15) is 86.8 Å². The van der Waals surface area contributed by atoms with Crippen molar-refractivity contribution in [1.29, 1.82) is 0 Å². The number of rotatable bonds is 18. The molecule has 14 nitrogen and oxygen atoms in total. The van der Waals surface area contributed by atoms with E-state index in [-0.39, 0.29) is 78.5 Å². The summed E-state index contributed by atoms with van der Waals surface area (Å²) in [6.07, 6.45) is 0.473. The third-order valence-electron chi connectivity index (χ3n) is 12.0. The van der Waals surface area contributed by atoms with Crippen LogP contribution in [0.3, 0.4) is 0 Å². The Kier molecular flexibility index (Phi) is 17.9. The molecule has 0 fully saturated rings. The first-order valence-electron chi connectivity index (χ1n) is 22.2. The summed E-state index contributed by atoms with van der Waals surface area (Å²) in [4.78, 5) is 98.8. The normalized spacial score (nSPS) is 17.2. The molecule has 0 aliphatic carbocycles. The van der Waals surface area contributed by atoms with Gasteiger partial charge < -0.3 is 36.2 Å². The van der Waals surface area contributed by atoms with Crippen LogP contribution in [-0.2, 0) is 35.2 Å². The summed E-state index contributed by atoms with van der Waals surface area (Å²) in [5.74, 6) is -6.57. The van der Waals surface area contributed by atoms with Gasteiger partial charge in [-0.15, -0.1) is 0 Å². The third-order valence-corrected chi connectivity index (χ3v) is 12.3. The number of hydrogen-bond donors (Lipinski definition) is 5. The number of hydrogen-bond acceptors (Lipinski definition) is 11. The Balaban J connectivity index is 1.47. The molecule has 1 aliphatic heterocycles. The Labute approximate surface area is 390 Å². The van der Waals surface area contributed by atoms with E-state index in [4.69, 9.17) is 17.3 Å². The monoisotopic (exact) mass is 922 g/mol. The van der Waals surface area contributed by atoms with Crippen molar-refractivity contribution in [1.82, 2.24) is 15.1 Å². The van der Waals surface area contributed by atoms with Gasteiger partial charge in [-0.3, -0.25) is 33.6 Å². The van der Waals surface area contributed by atoms with E-state index in [1.54, 1.807) is 36.4 Å². The number of phenols is 2. The molecule has 350 valence electrons. The number of fused-ring (bicyclic) bond motifs is 5. The molecule has 0 unspecified atom stereocenters. The number of benzene rings is 4. The number of aromatic hydroxyl groups is 2. The zero-order valence-electron chi connectivity index (χ0n) is 37.8. The third kappa shape index (κ3) is 13.0. The number of aliphatic hydroxyl groups is 1. The number of nitrogens with one attached hydrogen (secondary N) is 1. The number of nitrogens with zero attached hydrogens (tertiary/aromatic N) is 2. The maximum absolute atomic E-state index is 14.7. The number of ketones is 4. The molecule has 4 aromatic rings. The number of carbonyl (C=O) groups is 7. The molecule has 1 aliphatic rings. The molecule has 1 heterocycles. The number of halogens is 1. The lowest BCUT2D eigenvalue weighted by Crippen LogP contribution is -2.47. The fraction of sp³-hybridized carbons (Fsp3) is 0.392. The van der Waals surface area contributed by atoms with Crippen molar-refractivity contribution in [2.45, 2.75) is 77.8 Å². The number of nitrogens with two attached hydrogens (primary N) is 1. The molecule has 6 N–H and O–H groups in total. The van der Waals surface area contributed by atoms with Crippen LogP contribution >= 0.6 is 11.6 Å². The number of phenolic OH excluding ortho intramolecular Hbond substituents is 2. The van der Waals surface area contributed by atoms with Crippen LogP contribution in [0.25, 0.3) is 22.3 Å². The molecule has 4 bridgehead atoms. The van der Waals surface area contributed by atoms with Crippen LogP contribution < -0.4 is 11.1 Å². The molecule has 0 radical (unpaired) electrons. The summed E-state index contributed by atoms with van der Waals surface area (Å²) in [5.41, 5.74) is 9.06. The summed E-state index contributed by atoms with van der Waals surface area (Å²) < 4.78 is 0. The number of likely N-dealkylation sites (N-methyl/N-ethyl adjacent to an activating group) is 1. The molecular formula is C51H59ClN4O10. The first-order valence-corrected chi connectivity index (χ1v) is 22.6. The standard InChI is InChI=1S/C51H59ClN4O10/c1-30-23-47(63)48(55(4)51(66)38(7-5-6-20-53)28-45(61)36-11-9-34(10-12-36)35-13-16-39(52)17-14-35)37-15-19-44(60)41(27-37)40-25-33(8-18-43(40)59)26-42(54-49(30)64)46(62)24-31(2)50(65)56(21-22-57)29-32(3)58/h8-19,25,27,30-31,38,42,48,57,59-60H,5-7,20-24,26,28-29,53H2,1-4H3,(H,54,64)/t30-,31-,38-,42+,48+/m1/s1. The zero-order valence-corrected chi connectivity index (χ0v) is 38.6. The zero-order chi connectivity index (χ0) is 48.2. The Morgan fingerprint density at radius 1 is 0.833 bits per heavy atom. The van der Waals surface area contributed by atoms with Crippen LogP contribution in [0.5, 0.6) is 11.5 Å². The van der Waals surface area contributed by atoms with Gasteiger partial charge >= 0.3 is 0 Å². The molecule has 4 aromatic carbocycles. The second-order valence-electron chi connectivity index (χ2n) is 17.3. The van der Waals surface area contributed by atoms with E-state index in [0.717, 1.165) is 11.1 Å². The highest BCUT2D eigenvalue weighted by molar-refractivity contribution is 6.30. The molecule has 3 amide bonds. The van der Waals surface area contributed by atoms with E-state index in [0.29, 0.717) is 42.0 Å². The van der Waals surface area contributed by atoms with Gasteiger partial charge in [0, 0.05) is 72.3 Å². The van der Waals surface area contributed by atoms with Gasteiger partial charge in [0.2, 0.25) is 17.7 Å². The van der Waals surface area contributed by atoms with E-state index in [1.165, 1.54) is 61.9 Å². The van der Waals surface area contributed by atoms with E-state index >= 15 is 0 Å². The fourth-order valence-corrected chi connectivity index (χ4v) is 8.51. The van der Waals surface area contributed by atoms with E-state index in [9.17, 15) is 48.9 Å². The van der Waals surface area contributed by atoms with Gasteiger partial charge in [0.1, 0.15) is 23.3 Å². The highest BCUT2D eigenvalue weighted by Gasteiger charge is 2.36. The average Bonchev–Trinajstić information content (AvgIpc) is 3.28. The van der Waals surface area contributed by atoms with Gasteiger partial charge in [0.25, 0.3) is 0 Å². The summed E-state index contributed by atoms with van der Waals surface area (Å²) >= 11 is 6.06. The number of amides is 3. The summed E-state index contributed by atoms with van der Waals surface area (Å²) in [5, 5.41) is 35.2. The van der Waals surface area contributed by atoms with Crippen molar-refractivity contribution in [3.05, 3.63) is 107 Å². The summed E-state index contributed by atoms with van der Waals surface area (Å²) in [6, 6.07) is 20.7. The predicted molar refractivity (Wildman–Crippen MR) is 251 cm³/mol. The maximum Gasteiger partial charge on any atom is 0.226 e. The Morgan fingerprint density at radius 2 is 1.45 bits per heavy atom. The van der Waals surface area contributed by atoms with Crippen LogP contribution in [0.4, 0.5) is 0 Å². The van der Waals surface area contributed by atoms with Crippen molar-refractivity contribution >= 4 is 52.5 Å². The molecule has 0 saturated heterocycles. The van der Waals surface area contributed by atoms with E-state index < -0.39 is 65.7 Å². The summed E-state index contributed by atoms with van der Waals surface area (Å²) in [7, 11) is 1.46. The number of carbonyl (C=O) groups excluding carboxylic acids is 7. The Hall–Kier alpha value is -6.22. The Morgan fingerprint density at radius 3 is 2.08 bits per heavy atom. The van der Waals surface area contributed by atoms with E-state index in [1.807, 2.05) is 24.3 Å². The SMILES string of the molecule is CC(=O)CN(CCO)C(=O)[C@H](C)CC(=O)[C@@H]1Cc2ccc(O)c(c2)-c2cc(ccc2O)[C@H](N(C)C(=O)[C@H](CCCCN)CC(=O)c2ccc(-c3ccc(Cl)cc3)cc2)C(=O)C[C@@H](C)C(=O)N1. The van der Waals surface area contributed by atoms with Crippen molar-refractivity contribution < 1.29 is 48.9 Å². The minimum Gasteiger partial charge on any atom is -0.507 e. The number of aliphatic hydroxyl groups excluding tert-OH is 1. The summed E-state index contributed by atoms with van der Waals surface area (Å²) in [6.45, 7) is 3.97. The highest BCUT2D eigenvalue weighted by Crippen LogP contribution is 2.40. The van der Waals surface area contributed by atoms with Crippen molar-refractivity contribution in [3.8, 4) is 33.8 Å². The van der Waals surface area contributed by atoms with Gasteiger partial charge in [-0.1, -0.05) is 80.4 Å². The maximum atomic E-state index is 14.7. The molecule has 0 aromatic heterocycles. The topological polar surface area (TPSA) is 225 Å². The van der Waals surface area contributed by atoms with Crippen LogP contribution in [0.2, 0.25) is 5.02 Å².